The summed E-state index contributed by atoms with van der Waals surface area (Å²) in [7, 11) is 0. The zero-order valence-corrected chi connectivity index (χ0v) is 30.2. The number of carbonyl (C=O) groups excluding carboxylic acids is 2. The Morgan fingerprint density at radius 2 is 1.81 bits per heavy atom. The third kappa shape index (κ3) is 11.7. The first-order valence-electron chi connectivity index (χ1n) is 18.0. The molecule has 10 unspecified atom stereocenters. The molecular formula is C37H62N2O9. The van der Waals surface area contributed by atoms with Crippen molar-refractivity contribution < 1.29 is 44.2 Å². The summed E-state index contributed by atoms with van der Waals surface area (Å²) >= 11 is 0. The van der Waals surface area contributed by atoms with E-state index in [0.29, 0.717) is 37.4 Å². The van der Waals surface area contributed by atoms with Crippen LogP contribution in [0, 0.1) is 11.8 Å². The van der Waals surface area contributed by atoms with Crippen LogP contribution < -0.4 is 0 Å². The number of esters is 1. The van der Waals surface area contributed by atoms with Gasteiger partial charge in [-0.3, -0.25) is 9.69 Å². The van der Waals surface area contributed by atoms with Gasteiger partial charge in [-0.15, -0.1) is 0 Å². The predicted molar refractivity (Wildman–Crippen MR) is 184 cm³/mol. The number of aliphatic hydroxyl groups excluding tert-OH is 3. The molecule has 4 N–H and O–H groups in total. The average Bonchev–Trinajstić information content (AvgIpc) is 3.48. The number of carbonyl (C=O) groups is 2. The van der Waals surface area contributed by atoms with Gasteiger partial charge in [0, 0.05) is 43.4 Å². The van der Waals surface area contributed by atoms with Crippen molar-refractivity contribution >= 4 is 12.1 Å². The van der Waals surface area contributed by atoms with Gasteiger partial charge in [0.1, 0.15) is 12.2 Å². The van der Waals surface area contributed by atoms with Gasteiger partial charge in [-0.25, -0.2) is 4.79 Å². The molecule has 1 amide bonds. The van der Waals surface area contributed by atoms with Crippen LogP contribution in [0.1, 0.15) is 93.4 Å². The lowest BCUT2D eigenvalue weighted by atomic mass is 9.91. The Kier molecular flexibility index (Phi) is 15.6. The van der Waals surface area contributed by atoms with E-state index in [9.17, 15) is 30.0 Å². The Hall–Kier alpha value is -2.28. The number of ether oxygens (including phenoxy) is 3. The Labute approximate surface area is 287 Å². The molecule has 11 heteroatoms. The number of unbranched alkanes of at least 4 members (excludes halogenated alkanes) is 1. The van der Waals surface area contributed by atoms with E-state index in [1.807, 2.05) is 34.6 Å². The first-order valence-corrected chi connectivity index (χ1v) is 18.0. The molecule has 0 radical (unpaired) electrons. The van der Waals surface area contributed by atoms with Crippen molar-refractivity contribution in [2.24, 2.45) is 11.8 Å². The van der Waals surface area contributed by atoms with Gasteiger partial charge in [-0.2, -0.15) is 0 Å². The molecule has 2 bridgehead atoms. The fourth-order valence-electron chi connectivity index (χ4n) is 6.99. The topological polar surface area (TPSA) is 153 Å². The van der Waals surface area contributed by atoms with Gasteiger partial charge < -0.3 is 39.5 Å². The maximum atomic E-state index is 13.0. The van der Waals surface area contributed by atoms with Crippen molar-refractivity contribution in [3.8, 4) is 0 Å². The Bertz CT molecular complexity index is 1120. The predicted octanol–water partition coefficient (Wildman–Crippen LogP) is 4.13. The molecule has 0 aromatic heterocycles. The second kappa shape index (κ2) is 18.6. The van der Waals surface area contributed by atoms with Gasteiger partial charge in [-0.05, 0) is 51.3 Å². The number of allylic oxidation sites excluding steroid dienone is 2. The maximum Gasteiger partial charge on any atom is 0.410 e. The minimum atomic E-state index is -1.16. The van der Waals surface area contributed by atoms with Gasteiger partial charge in [-0.1, -0.05) is 71.8 Å². The number of epoxide rings is 1. The zero-order chi connectivity index (χ0) is 35.6. The van der Waals surface area contributed by atoms with E-state index in [4.69, 9.17) is 14.2 Å². The highest BCUT2D eigenvalue weighted by Crippen LogP contribution is 2.37. The molecule has 274 valence electrons. The number of amides is 1. The lowest BCUT2D eigenvalue weighted by molar-refractivity contribution is -0.151. The van der Waals surface area contributed by atoms with E-state index in [1.165, 1.54) is 0 Å². The first kappa shape index (κ1) is 40.2. The fraction of sp³-hybridized carbons (Fsp3) is 0.784. The van der Waals surface area contributed by atoms with Crippen molar-refractivity contribution in [1.29, 1.82) is 0 Å². The number of aliphatic hydroxyl groups is 4. The molecule has 3 fully saturated rings. The Morgan fingerprint density at radius 3 is 2.42 bits per heavy atom. The second-order valence-corrected chi connectivity index (χ2v) is 14.3. The summed E-state index contributed by atoms with van der Waals surface area (Å²) in [4.78, 5) is 30.0. The number of nitrogens with zero attached hydrogens (tertiary/aromatic N) is 2. The highest BCUT2D eigenvalue weighted by Gasteiger charge is 2.47. The van der Waals surface area contributed by atoms with Crippen molar-refractivity contribution in [3.05, 3.63) is 36.0 Å². The molecule has 3 heterocycles. The zero-order valence-electron chi connectivity index (χ0n) is 30.2. The molecular weight excluding hydrogens is 616 g/mol. The second-order valence-electron chi connectivity index (χ2n) is 14.3. The largest absolute Gasteiger partial charge is 0.457 e. The Balaban J connectivity index is 1.66. The van der Waals surface area contributed by atoms with E-state index >= 15 is 0 Å². The first-order chi connectivity index (χ1) is 22.7. The minimum absolute atomic E-state index is 0.0107. The van der Waals surface area contributed by atoms with Crippen molar-refractivity contribution in [2.45, 2.75) is 148 Å². The summed E-state index contributed by atoms with van der Waals surface area (Å²) in [5.74, 6) is -0.903. The van der Waals surface area contributed by atoms with Crippen LogP contribution in [0.3, 0.4) is 0 Å². The molecule has 0 aromatic rings. The minimum Gasteiger partial charge on any atom is -0.457 e. The molecule has 0 spiro atoms. The summed E-state index contributed by atoms with van der Waals surface area (Å²) in [5.41, 5.74) is -0.447. The van der Waals surface area contributed by atoms with Crippen LogP contribution in [0.2, 0.25) is 0 Å². The van der Waals surface area contributed by atoms with Crippen molar-refractivity contribution in [3.63, 3.8) is 0 Å². The SMILES string of the molecule is CCCCC(O)CC(=O)OC(/C(C)=C/C=C/C(C)(O)CC1OC1C(C)C(O)CC)C(C)/C=C/C(CO)OC(=O)N1CC2C[C@@H]1CN2CC. The molecule has 3 rings (SSSR count). The molecule has 11 atom stereocenters. The quantitative estimate of drug-likeness (QED) is 0.0640. The van der Waals surface area contributed by atoms with E-state index in [1.54, 1.807) is 42.2 Å². The van der Waals surface area contributed by atoms with E-state index in [-0.39, 0.29) is 43.1 Å². The molecule has 0 aliphatic carbocycles. The maximum absolute atomic E-state index is 13.0. The third-order valence-electron chi connectivity index (χ3n) is 10.1. The van der Waals surface area contributed by atoms with Gasteiger partial charge >= 0.3 is 12.1 Å². The van der Waals surface area contributed by atoms with Crippen LogP contribution in [-0.2, 0) is 19.0 Å². The van der Waals surface area contributed by atoms with E-state index in [0.717, 1.165) is 32.4 Å². The van der Waals surface area contributed by atoms with Crippen molar-refractivity contribution in [1.82, 2.24) is 9.80 Å². The van der Waals surface area contributed by atoms with Crippen LogP contribution in [0.25, 0.3) is 0 Å². The summed E-state index contributed by atoms with van der Waals surface area (Å²) in [6, 6.07) is 0.472. The Morgan fingerprint density at radius 1 is 1.08 bits per heavy atom. The number of hydrogen-bond acceptors (Lipinski definition) is 10. The lowest BCUT2D eigenvalue weighted by Crippen LogP contribution is -2.49. The highest BCUT2D eigenvalue weighted by molar-refractivity contribution is 5.70. The number of hydrogen-bond donors (Lipinski definition) is 4. The number of likely N-dealkylation sites (N-methyl/N-ethyl adjacent to an activating group) is 1. The molecule has 0 saturated carbocycles. The van der Waals surface area contributed by atoms with Crippen LogP contribution in [0.15, 0.2) is 36.0 Å². The monoisotopic (exact) mass is 678 g/mol. The standard InChI is InChI=1S/C37H62N2O9/c1-8-11-14-29(41)19-33(43)48-34(24(4)13-12-17-37(7,45)20-32-35(47-32)26(6)31(42)9-2)25(5)15-16-30(23-40)46-36(44)39-22-27-18-28(39)21-38(27)10-3/h12-13,15-17,25-32,34-35,40-42,45H,8-11,14,18-23H2,1-7H3/b16-15+,17-12+,24-13+/t25?,26?,27?,28-,29?,30?,31?,32?,34?,35?,37?/m1/s1. The summed E-state index contributed by atoms with van der Waals surface area (Å²) < 4.78 is 17.3. The fourth-order valence-corrected chi connectivity index (χ4v) is 6.99. The normalized spacial score (nSPS) is 27.9. The van der Waals surface area contributed by atoms with Crippen LogP contribution in [0.4, 0.5) is 4.79 Å². The molecule has 11 nitrogen and oxygen atoms in total. The number of fused-ring (bicyclic) bond motifs is 2. The lowest BCUT2D eigenvalue weighted by Gasteiger charge is -2.33. The molecule has 3 aliphatic rings. The summed E-state index contributed by atoms with van der Waals surface area (Å²) in [6.45, 7) is 15.4. The van der Waals surface area contributed by atoms with Crippen LogP contribution in [0.5, 0.6) is 0 Å². The number of rotatable bonds is 20. The van der Waals surface area contributed by atoms with Gasteiger partial charge in [0.05, 0.1) is 43.0 Å². The number of likely N-dealkylation sites (tertiary alicyclic amines) is 2. The summed E-state index contributed by atoms with van der Waals surface area (Å²) in [6.07, 6.45) is 9.20. The molecule has 48 heavy (non-hydrogen) atoms. The number of piperazine rings is 1. The molecule has 0 aromatic carbocycles. The van der Waals surface area contributed by atoms with Crippen molar-refractivity contribution in [2.75, 3.05) is 26.2 Å². The highest BCUT2D eigenvalue weighted by atomic mass is 16.6. The molecule has 3 saturated heterocycles. The summed E-state index contributed by atoms with van der Waals surface area (Å²) in [5, 5.41) is 41.5. The van der Waals surface area contributed by atoms with Gasteiger partial charge in [0.15, 0.2) is 0 Å². The smallest absolute Gasteiger partial charge is 0.410 e. The molecule has 3 aliphatic heterocycles. The van der Waals surface area contributed by atoms with Crippen LogP contribution in [-0.4, -0.2) is 123 Å². The average molecular weight is 679 g/mol. The third-order valence-corrected chi connectivity index (χ3v) is 10.1. The van der Waals surface area contributed by atoms with Crippen LogP contribution >= 0.6 is 0 Å². The van der Waals surface area contributed by atoms with E-state index < -0.39 is 42.1 Å². The van der Waals surface area contributed by atoms with Gasteiger partial charge in [0.2, 0.25) is 0 Å². The van der Waals surface area contributed by atoms with E-state index in [2.05, 4.69) is 11.8 Å². The van der Waals surface area contributed by atoms with Gasteiger partial charge in [0.25, 0.3) is 0 Å².